The molecule has 1 aromatic carbocycles. The van der Waals surface area contributed by atoms with Gasteiger partial charge in [-0.2, -0.15) is 0 Å². The second kappa shape index (κ2) is 7.96. The molecule has 0 unspecified atom stereocenters. The van der Waals surface area contributed by atoms with Crippen LogP contribution in [0, 0.1) is 0 Å². The van der Waals surface area contributed by atoms with E-state index in [4.69, 9.17) is 4.74 Å². The Morgan fingerprint density at radius 2 is 2.04 bits per heavy atom. The second-order valence-corrected chi connectivity index (χ2v) is 6.53. The number of benzene rings is 1. The largest absolute Gasteiger partial charge is 0.573 e. The first-order chi connectivity index (χ1) is 12.8. The lowest BCUT2D eigenvalue weighted by Gasteiger charge is -2.26. The van der Waals surface area contributed by atoms with E-state index in [0.717, 1.165) is 17.4 Å². The van der Waals surface area contributed by atoms with Crippen molar-refractivity contribution < 1.29 is 32.2 Å². The van der Waals surface area contributed by atoms with E-state index in [1.165, 1.54) is 17.0 Å². The molecule has 146 valence electrons. The number of halogens is 3. The average molecular weight is 404 g/mol. The van der Waals surface area contributed by atoms with Crippen molar-refractivity contribution in [2.24, 2.45) is 0 Å². The monoisotopic (exact) mass is 404 g/mol. The number of nitrogens with one attached hydrogen (secondary N) is 2. The van der Waals surface area contributed by atoms with Crippen LogP contribution in [0.2, 0.25) is 0 Å². The Kier molecular flexibility index (Phi) is 5.65. The van der Waals surface area contributed by atoms with Gasteiger partial charge in [0.05, 0.1) is 30.0 Å². The molecule has 1 saturated heterocycles. The summed E-state index contributed by atoms with van der Waals surface area (Å²) in [6, 6.07) is 3.33. The number of hydrogen-bond acceptors (Lipinski definition) is 6. The molecule has 27 heavy (non-hydrogen) atoms. The number of thiazole rings is 1. The summed E-state index contributed by atoms with van der Waals surface area (Å²) in [5, 5.41) is 5.21. The maximum absolute atomic E-state index is 12.3. The van der Waals surface area contributed by atoms with E-state index in [9.17, 15) is 22.8 Å². The maximum atomic E-state index is 12.3. The van der Waals surface area contributed by atoms with E-state index in [2.05, 4.69) is 20.4 Å². The van der Waals surface area contributed by atoms with Crippen molar-refractivity contribution in [2.75, 3.05) is 38.2 Å². The number of aromatic nitrogens is 1. The summed E-state index contributed by atoms with van der Waals surface area (Å²) < 4.78 is 46.2. The number of alkyl halides is 3. The highest BCUT2D eigenvalue weighted by Gasteiger charge is 2.31. The van der Waals surface area contributed by atoms with Crippen molar-refractivity contribution >= 4 is 38.6 Å². The summed E-state index contributed by atoms with van der Waals surface area (Å²) in [5.41, 5.74) is 0.419. The Bertz CT molecular complexity index is 836. The number of carbonyl (C=O) groups is 2. The van der Waals surface area contributed by atoms with E-state index in [-0.39, 0.29) is 23.5 Å². The predicted molar refractivity (Wildman–Crippen MR) is 90.7 cm³/mol. The van der Waals surface area contributed by atoms with Crippen LogP contribution in [0.15, 0.2) is 18.2 Å². The molecule has 0 aliphatic carbocycles. The molecular formula is C15H15F3N4O4S. The topological polar surface area (TPSA) is 92.8 Å². The van der Waals surface area contributed by atoms with E-state index in [1.54, 1.807) is 0 Å². The van der Waals surface area contributed by atoms with Crippen LogP contribution >= 0.6 is 11.3 Å². The lowest BCUT2D eigenvalue weighted by Crippen LogP contribution is -2.47. The fraction of sp³-hybridized carbons (Fsp3) is 0.400. The van der Waals surface area contributed by atoms with Crippen LogP contribution in [-0.2, 0) is 9.53 Å². The lowest BCUT2D eigenvalue weighted by atomic mass is 10.3. The van der Waals surface area contributed by atoms with Gasteiger partial charge in [0.25, 0.3) is 0 Å². The minimum atomic E-state index is -4.78. The van der Waals surface area contributed by atoms with Gasteiger partial charge in [-0.25, -0.2) is 9.78 Å². The van der Waals surface area contributed by atoms with Gasteiger partial charge < -0.3 is 25.0 Å². The highest BCUT2D eigenvalue weighted by molar-refractivity contribution is 7.22. The highest BCUT2D eigenvalue weighted by Crippen LogP contribution is 2.31. The number of ether oxygens (including phenoxy) is 2. The first-order valence-electron chi connectivity index (χ1n) is 7.87. The number of anilines is 1. The van der Waals surface area contributed by atoms with Crippen LogP contribution in [0.25, 0.3) is 10.2 Å². The van der Waals surface area contributed by atoms with E-state index < -0.39 is 12.3 Å². The molecule has 2 N–H and O–H groups in total. The molecule has 1 aliphatic heterocycles. The zero-order valence-electron chi connectivity index (χ0n) is 13.8. The Labute approximate surface area is 155 Å². The zero-order valence-corrected chi connectivity index (χ0v) is 14.7. The van der Waals surface area contributed by atoms with Crippen molar-refractivity contribution in [3.8, 4) is 5.75 Å². The standard InChI is InChI=1S/C15H15F3N4O4S/c16-15(17,18)26-9-1-2-10-11(7-9)27-13(20-10)21-12(23)8-19-14(24)22-3-5-25-6-4-22/h1-2,7H,3-6,8H2,(H,19,24)(H,20,21,23). The number of urea groups is 1. The summed E-state index contributed by atoms with van der Waals surface area (Å²) in [7, 11) is 0. The van der Waals surface area contributed by atoms with Gasteiger partial charge in [0, 0.05) is 19.2 Å². The van der Waals surface area contributed by atoms with E-state index >= 15 is 0 Å². The van der Waals surface area contributed by atoms with Gasteiger partial charge in [-0.1, -0.05) is 11.3 Å². The number of rotatable bonds is 4. The van der Waals surface area contributed by atoms with Crippen molar-refractivity contribution in [1.29, 1.82) is 0 Å². The fourth-order valence-corrected chi connectivity index (χ4v) is 3.26. The molecule has 0 spiro atoms. The molecular weight excluding hydrogens is 389 g/mol. The van der Waals surface area contributed by atoms with E-state index in [0.29, 0.717) is 36.5 Å². The van der Waals surface area contributed by atoms with Crippen LogP contribution in [0.1, 0.15) is 0 Å². The van der Waals surface area contributed by atoms with Gasteiger partial charge in [0.2, 0.25) is 5.91 Å². The van der Waals surface area contributed by atoms with Crippen LogP contribution < -0.4 is 15.4 Å². The molecule has 12 heteroatoms. The number of nitrogens with zero attached hydrogens (tertiary/aromatic N) is 2. The molecule has 0 bridgehead atoms. The smallest absolute Gasteiger partial charge is 0.406 e. The molecule has 3 amide bonds. The molecule has 0 saturated carbocycles. The number of hydrogen-bond donors (Lipinski definition) is 2. The number of fused-ring (bicyclic) bond motifs is 1. The summed E-state index contributed by atoms with van der Waals surface area (Å²) in [5.74, 6) is -0.864. The maximum Gasteiger partial charge on any atom is 0.573 e. The summed E-state index contributed by atoms with van der Waals surface area (Å²) in [4.78, 5) is 29.5. The molecule has 1 fully saturated rings. The molecule has 8 nitrogen and oxygen atoms in total. The van der Waals surface area contributed by atoms with Crippen LogP contribution in [-0.4, -0.2) is 61.0 Å². The molecule has 3 rings (SSSR count). The van der Waals surface area contributed by atoms with Gasteiger partial charge in [0.1, 0.15) is 5.75 Å². The Balaban J connectivity index is 1.55. The summed E-state index contributed by atoms with van der Waals surface area (Å²) in [6.45, 7) is 1.55. The third kappa shape index (κ3) is 5.44. The van der Waals surface area contributed by atoms with Gasteiger partial charge in [0.15, 0.2) is 5.13 Å². The average Bonchev–Trinajstić information content (AvgIpc) is 3.00. The van der Waals surface area contributed by atoms with Crippen molar-refractivity contribution in [2.45, 2.75) is 6.36 Å². The number of carbonyl (C=O) groups excluding carboxylic acids is 2. The van der Waals surface area contributed by atoms with Crippen molar-refractivity contribution in [3.63, 3.8) is 0 Å². The first kappa shape index (κ1) is 19.2. The third-order valence-electron chi connectivity index (χ3n) is 3.54. The first-order valence-corrected chi connectivity index (χ1v) is 8.68. The normalized spacial score (nSPS) is 14.9. The third-order valence-corrected chi connectivity index (χ3v) is 4.47. The van der Waals surface area contributed by atoms with Gasteiger partial charge in [-0.05, 0) is 12.1 Å². The van der Waals surface area contributed by atoms with Gasteiger partial charge in [-0.15, -0.1) is 13.2 Å². The van der Waals surface area contributed by atoms with Gasteiger partial charge >= 0.3 is 12.4 Å². The molecule has 0 radical (unpaired) electrons. The second-order valence-electron chi connectivity index (χ2n) is 5.50. The van der Waals surface area contributed by atoms with Crippen molar-refractivity contribution in [1.82, 2.24) is 15.2 Å². The molecule has 2 aromatic rings. The van der Waals surface area contributed by atoms with Crippen LogP contribution in [0.3, 0.4) is 0 Å². The molecule has 2 heterocycles. The Hall–Kier alpha value is -2.60. The van der Waals surface area contributed by atoms with E-state index in [1.807, 2.05) is 0 Å². The number of amides is 3. The Morgan fingerprint density at radius 1 is 1.30 bits per heavy atom. The predicted octanol–water partition coefficient (Wildman–Crippen LogP) is 2.18. The summed E-state index contributed by atoms with van der Waals surface area (Å²) in [6.07, 6.45) is -4.78. The number of morpholine rings is 1. The zero-order chi connectivity index (χ0) is 19.4. The van der Waals surface area contributed by atoms with Gasteiger partial charge in [-0.3, -0.25) is 4.79 Å². The quantitative estimate of drug-likeness (QED) is 0.815. The van der Waals surface area contributed by atoms with Crippen LogP contribution in [0.5, 0.6) is 5.75 Å². The molecule has 1 aliphatic rings. The minimum absolute atomic E-state index is 0.208. The fourth-order valence-electron chi connectivity index (χ4n) is 2.35. The Morgan fingerprint density at radius 3 is 2.74 bits per heavy atom. The molecule has 0 atom stereocenters. The lowest BCUT2D eigenvalue weighted by molar-refractivity contribution is -0.274. The van der Waals surface area contributed by atoms with Crippen molar-refractivity contribution in [3.05, 3.63) is 18.2 Å². The highest BCUT2D eigenvalue weighted by atomic mass is 32.1. The molecule has 1 aromatic heterocycles. The SMILES string of the molecule is O=C(CNC(=O)N1CCOCC1)Nc1nc2ccc(OC(F)(F)F)cc2s1. The minimum Gasteiger partial charge on any atom is -0.406 e. The summed E-state index contributed by atoms with van der Waals surface area (Å²) >= 11 is 0.998. The van der Waals surface area contributed by atoms with Crippen LogP contribution in [0.4, 0.5) is 23.1 Å².